The van der Waals surface area contributed by atoms with Gasteiger partial charge >= 0.3 is 5.97 Å². The van der Waals surface area contributed by atoms with E-state index in [1.165, 1.54) is 25.0 Å². The van der Waals surface area contributed by atoms with Crippen LogP contribution in [0.1, 0.15) is 70.3 Å². The van der Waals surface area contributed by atoms with E-state index in [1.807, 2.05) is 27.7 Å². The van der Waals surface area contributed by atoms with Crippen LogP contribution in [-0.4, -0.2) is 47.0 Å². The molecular weight excluding hydrogens is 472 g/mol. The highest BCUT2D eigenvalue weighted by Crippen LogP contribution is 2.42. The zero-order valence-electron chi connectivity index (χ0n) is 21.9. The van der Waals surface area contributed by atoms with Crippen LogP contribution >= 0.6 is 0 Å². The Labute approximate surface area is 211 Å². The molecule has 36 heavy (non-hydrogen) atoms. The Hall–Kier alpha value is -3.17. The first-order valence-electron chi connectivity index (χ1n) is 12.3. The molecule has 8 nitrogen and oxygen atoms in total. The first kappa shape index (κ1) is 29.1. The van der Waals surface area contributed by atoms with Gasteiger partial charge in [0.1, 0.15) is 0 Å². The van der Waals surface area contributed by atoms with Crippen LogP contribution < -0.4 is 14.8 Å². The fraction of sp³-hybridized carbons (Fsp3) is 0.577. The number of nitrogens with one attached hydrogen (secondary N) is 1. The predicted molar refractivity (Wildman–Crippen MR) is 132 cm³/mol. The lowest BCUT2D eigenvalue weighted by Crippen LogP contribution is -2.37. The van der Waals surface area contributed by atoms with E-state index >= 15 is 0 Å². The summed E-state index contributed by atoms with van der Waals surface area (Å²) in [5, 5.41) is 16.5. The van der Waals surface area contributed by atoms with E-state index in [1.54, 1.807) is 0 Å². The highest BCUT2D eigenvalue weighted by Gasteiger charge is 2.28. The molecule has 0 fully saturated rings. The van der Waals surface area contributed by atoms with Crippen molar-refractivity contribution in [2.45, 2.75) is 72.4 Å². The summed E-state index contributed by atoms with van der Waals surface area (Å²) in [6.07, 6.45) is 2.67. The number of amides is 1. The average Bonchev–Trinajstić information content (AvgIpc) is 3.23. The molecule has 1 aromatic carbocycles. The zero-order chi connectivity index (χ0) is 27.0. The first-order valence-corrected chi connectivity index (χ1v) is 12.3. The Morgan fingerprint density at radius 2 is 1.64 bits per heavy atom. The van der Waals surface area contributed by atoms with Gasteiger partial charge in [0, 0.05) is 18.7 Å². The van der Waals surface area contributed by atoms with Gasteiger partial charge < -0.3 is 19.9 Å². The largest absolute Gasteiger partial charge is 0.493 e. The predicted octanol–water partition coefficient (Wildman–Crippen LogP) is 5.29. The Morgan fingerprint density at radius 3 is 2.11 bits per heavy atom. The number of carbonyl (C=O) groups is 2. The average molecular weight is 510 g/mol. The first-order chi connectivity index (χ1) is 17.1. The van der Waals surface area contributed by atoms with Crippen molar-refractivity contribution in [3.8, 4) is 22.8 Å². The number of aliphatic carboxylic acids is 1. The van der Waals surface area contributed by atoms with E-state index in [0.717, 1.165) is 19.3 Å². The van der Waals surface area contributed by atoms with Crippen molar-refractivity contribution >= 4 is 11.9 Å². The minimum Gasteiger partial charge on any atom is -0.493 e. The van der Waals surface area contributed by atoms with Crippen LogP contribution in [0.15, 0.2) is 12.1 Å². The Balaban J connectivity index is 2.59. The second-order valence-corrected chi connectivity index (χ2v) is 9.30. The molecule has 0 saturated carbocycles. The number of hydrogen-bond donors (Lipinski definition) is 2. The van der Waals surface area contributed by atoms with E-state index in [9.17, 15) is 23.5 Å². The van der Waals surface area contributed by atoms with Gasteiger partial charge in [-0.05, 0) is 30.7 Å². The van der Waals surface area contributed by atoms with Crippen LogP contribution in [0.2, 0.25) is 0 Å². The third-order valence-electron chi connectivity index (χ3n) is 6.25. The SMILES string of the molecule is CCC(CC)Cn1nc(C(=O)N[C@@H](CCC(C)C)CC(=O)O)cc1-c1c(OC)c(F)cc(F)c1OC. The molecule has 0 unspecified atom stereocenters. The Morgan fingerprint density at radius 1 is 1.06 bits per heavy atom. The maximum absolute atomic E-state index is 14.7. The fourth-order valence-corrected chi connectivity index (χ4v) is 4.11. The summed E-state index contributed by atoms with van der Waals surface area (Å²) in [4.78, 5) is 24.5. The van der Waals surface area contributed by atoms with E-state index in [-0.39, 0.29) is 40.8 Å². The quantitative estimate of drug-likeness (QED) is 0.359. The number of rotatable bonds is 14. The number of aromatic nitrogens is 2. The zero-order valence-corrected chi connectivity index (χ0v) is 21.9. The number of halogens is 2. The number of nitrogens with zero attached hydrogens (tertiary/aromatic N) is 2. The van der Waals surface area contributed by atoms with Crippen LogP contribution in [0, 0.1) is 23.5 Å². The molecule has 0 aliphatic rings. The van der Waals surface area contributed by atoms with Crippen molar-refractivity contribution < 1.29 is 33.0 Å². The molecule has 1 atom stereocenters. The molecule has 1 aromatic heterocycles. The van der Waals surface area contributed by atoms with E-state index in [2.05, 4.69) is 10.4 Å². The summed E-state index contributed by atoms with van der Waals surface area (Å²) in [5.74, 6) is -3.34. The highest BCUT2D eigenvalue weighted by atomic mass is 19.1. The number of hydrogen-bond acceptors (Lipinski definition) is 5. The van der Waals surface area contributed by atoms with Crippen molar-refractivity contribution in [1.82, 2.24) is 15.1 Å². The summed E-state index contributed by atoms with van der Waals surface area (Å²) >= 11 is 0. The molecule has 0 aliphatic carbocycles. The second-order valence-electron chi connectivity index (χ2n) is 9.30. The summed E-state index contributed by atoms with van der Waals surface area (Å²) in [7, 11) is 2.53. The molecule has 2 rings (SSSR count). The molecule has 0 radical (unpaired) electrons. The van der Waals surface area contributed by atoms with Crippen molar-refractivity contribution in [3.05, 3.63) is 29.5 Å². The van der Waals surface area contributed by atoms with E-state index in [4.69, 9.17) is 9.47 Å². The summed E-state index contributed by atoms with van der Waals surface area (Å²) < 4.78 is 41.3. The summed E-state index contributed by atoms with van der Waals surface area (Å²) in [6.45, 7) is 8.49. The van der Waals surface area contributed by atoms with Crippen molar-refractivity contribution in [3.63, 3.8) is 0 Å². The molecule has 0 aliphatic heterocycles. The third-order valence-corrected chi connectivity index (χ3v) is 6.25. The van der Waals surface area contributed by atoms with Gasteiger partial charge in [-0.1, -0.05) is 40.5 Å². The van der Waals surface area contributed by atoms with Crippen molar-refractivity contribution in [2.24, 2.45) is 11.8 Å². The molecule has 1 heterocycles. The van der Waals surface area contributed by atoms with Crippen molar-refractivity contribution in [1.29, 1.82) is 0 Å². The van der Waals surface area contributed by atoms with Crippen LogP contribution in [-0.2, 0) is 11.3 Å². The van der Waals surface area contributed by atoms with Gasteiger partial charge in [-0.3, -0.25) is 14.3 Å². The lowest BCUT2D eigenvalue weighted by Gasteiger charge is -2.18. The van der Waals surface area contributed by atoms with Gasteiger partial charge in [-0.25, -0.2) is 8.78 Å². The monoisotopic (exact) mass is 509 g/mol. The van der Waals surface area contributed by atoms with E-state index in [0.29, 0.717) is 24.9 Å². The van der Waals surface area contributed by atoms with E-state index < -0.39 is 29.6 Å². The topological polar surface area (TPSA) is 103 Å². The van der Waals surface area contributed by atoms with Gasteiger partial charge in [-0.2, -0.15) is 5.10 Å². The number of carboxylic acid groups (broad SMARTS) is 1. The molecule has 10 heteroatoms. The third kappa shape index (κ3) is 7.18. The lowest BCUT2D eigenvalue weighted by molar-refractivity contribution is -0.137. The van der Waals surface area contributed by atoms with Crippen molar-refractivity contribution in [2.75, 3.05) is 14.2 Å². The molecule has 2 N–H and O–H groups in total. The van der Waals surface area contributed by atoms with Gasteiger partial charge in [-0.15, -0.1) is 0 Å². The number of benzene rings is 1. The lowest BCUT2D eigenvalue weighted by atomic mass is 10.0. The van der Waals surface area contributed by atoms with Gasteiger partial charge in [0.25, 0.3) is 5.91 Å². The minimum atomic E-state index is -1.02. The van der Waals surface area contributed by atoms with Crippen LogP contribution in [0.25, 0.3) is 11.3 Å². The number of ether oxygens (including phenoxy) is 2. The van der Waals surface area contributed by atoms with Gasteiger partial charge in [0.2, 0.25) is 0 Å². The summed E-state index contributed by atoms with van der Waals surface area (Å²) in [5.41, 5.74) is 0.276. The van der Waals surface area contributed by atoms with Crippen LogP contribution in [0.5, 0.6) is 11.5 Å². The highest BCUT2D eigenvalue weighted by molar-refractivity contribution is 5.94. The maximum Gasteiger partial charge on any atom is 0.305 e. The Bertz CT molecular complexity index is 1020. The summed E-state index contributed by atoms with van der Waals surface area (Å²) in [6, 6.07) is 1.53. The molecule has 0 spiro atoms. The van der Waals surface area contributed by atoms with Gasteiger partial charge in [0.15, 0.2) is 28.8 Å². The number of methoxy groups -OCH3 is 2. The standard InChI is InChI=1S/C26H37F2N3O5/c1-7-16(8-2)14-31-21(23-24(35-5)18(27)12-19(28)25(23)36-6)13-20(30-31)26(34)29-17(11-22(32)33)10-9-15(3)4/h12-13,15-17H,7-11,14H2,1-6H3,(H,29,34)(H,32,33)/t17-/m0/s1. The smallest absolute Gasteiger partial charge is 0.305 e. The van der Waals surface area contributed by atoms with Crippen LogP contribution in [0.4, 0.5) is 8.78 Å². The maximum atomic E-state index is 14.7. The molecule has 2 aromatic rings. The number of carbonyl (C=O) groups excluding carboxylic acids is 1. The Kier molecular flexibility index (Phi) is 10.7. The van der Waals surface area contributed by atoms with Gasteiger partial charge in [0.05, 0.1) is 31.9 Å². The molecule has 0 bridgehead atoms. The normalized spacial score (nSPS) is 12.2. The van der Waals surface area contributed by atoms with Crippen LogP contribution in [0.3, 0.4) is 0 Å². The molecular formula is C26H37F2N3O5. The molecule has 1 amide bonds. The molecule has 200 valence electrons. The fourth-order valence-electron chi connectivity index (χ4n) is 4.11. The number of carboxylic acids is 1. The minimum absolute atomic E-state index is 0.00432. The molecule has 0 saturated heterocycles. The second kappa shape index (κ2) is 13.2.